The summed E-state index contributed by atoms with van der Waals surface area (Å²) in [7, 11) is 1.82. The summed E-state index contributed by atoms with van der Waals surface area (Å²) in [5.41, 5.74) is 2.22. The number of hydrogen-bond acceptors (Lipinski definition) is 2. The summed E-state index contributed by atoms with van der Waals surface area (Å²) in [5.74, 6) is 0. The normalized spacial score (nSPS) is 15.6. The third-order valence-electron chi connectivity index (χ3n) is 3.30. The number of ether oxygens (including phenoxy) is 1. The van der Waals surface area contributed by atoms with Gasteiger partial charge >= 0.3 is 6.03 Å². The van der Waals surface area contributed by atoms with Crippen LogP contribution in [-0.4, -0.2) is 44.3 Å². The third-order valence-corrected chi connectivity index (χ3v) is 3.30. The van der Waals surface area contributed by atoms with Crippen LogP contribution in [0.3, 0.4) is 0 Å². The SMILES string of the molecule is CCc1ccc(N(C)C(=O)N2CCOCC2)cc1. The van der Waals surface area contributed by atoms with Gasteiger partial charge in [0.15, 0.2) is 0 Å². The molecule has 1 aliphatic rings. The molecule has 1 heterocycles. The summed E-state index contributed by atoms with van der Waals surface area (Å²) in [5, 5.41) is 0. The zero-order valence-corrected chi connectivity index (χ0v) is 11.1. The largest absolute Gasteiger partial charge is 0.378 e. The van der Waals surface area contributed by atoms with Gasteiger partial charge in [-0.15, -0.1) is 0 Å². The van der Waals surface area contributed by atoms with Crippen LogP contribution in [0.4, 0.5) is 10.5 Å². The van der Waals surface area contributed by atoms with Crippen molar-refractivity contribution >= 4 is 11.7 Å². The first-order chi connectivity index (χ1) is 8.72. The van der Waals surface area contributed by atoms with Gasteiger partial charge in [-0.25, -0.2) is 4.79 Å². The molecule has 4 heteroatoms. The average molecular weight is 248 g/mol. The number of anilines is 1. The molecule has 1 saturated heterocycles. The van der Waals surface area contributed by atoms with E-state index < -0.39 is 0 Å². The highest BCUT2D eigenvalue weighted by Crippen LogP contribution is 2.16. The zero-order chi connectivity index (χ0) is 13.0. The van der Waals surface area contributed by atoms with Crippen molar-refractivity contribution in [3.63, 3.8) is 0 Å². The van der Waals surface area contributed by atoms with E-state index in [1.54, 1.807) is 4.90 Å². The number of benzene rings is 1. The molecular formula is C14H20N2O2. The molecule has 0 unspecified atom stereocenters. The number of morpholine rings is 1. The van der Waals surface area contributed by atoms with Gasteiger partial charge in [0.25, 0.3) is 0 Å². The minimum atomic E-state index is 0.0440. The lowest BCUT2D eigenvalue weighted by molar-refractivity contribution is 0.0551. The van der Waals surface area contributed by atoms with E-state index in [2.05, 4.69) is 19.1 Å². The molecule has 0 radical (unpaired) electrons. The predicted molar refractivity (Wildman–Crippen MR) is 72.0 cm³/mol. The molecule has 0 aromatic heterocycles. The van der Waals surface area contributed by atoms with Gasteiger partial charge in [-0.1, -0.05) is 19.1 Å². The quantitative estimate of drug-likeness (QED) is 0.803. The van der Waals surface area contributed by atoms with Crippen LogP contribution < -0.4 is 4.90 Å². The number of urea groups is 1. The van der Waals surface area contributed by atoms with Gasteiger partial charge in [0.05, 0.1) is 13.2 Å². The van der Waals surface area contributed by atoms with E-state index in [9.17, 15) is 4.79 Å². The fourth-order valence-electron chi connectivity index (χ4n) is 2.03. The number of nitrogens with zero attached hydrogens (tertiary/aromatic N) is 2. The molecule has 0 atom stereocenters. The predicted octanol–water partition coefficient (Wildman–Crippen LogP) is 2.14. The Kier molecular flexibility index (Phi) is 4.20. The summed E-state index contributed by atoms with van der Waals surface area (Å²) in [4.78, 5) is 15.8. The number of aryl methyl sites for hydroxylation is 1. The van der Waals surface area contributed by atoms with Gasteiger partial charge in [-0.2, -0.15) is 0 Å². The molecule has 1 aromatic carbocycles. The minimum absolute atomic E-state index is 0.0440. The van der Waals surface area contributed by atoms with Crippen LogP contribution in [0.15, 0.2) is 24.3 Å². The van der Waals surface area contributed by atoms with Gasteiger partial charge < -0.3 is 9.64 Å². The van der Waals surface area contributed by atoms with Crippen molar-refractivity contribution in [2.45, 2.75) is 13.3 Å². The molecule has 2 amide bonds. The summed E-state index contributed by atoms with van der Waals surface area (Å²) < 4.78 is 5.25. The fraction of sp³-hybridized carbons (Fsp3) is 0.500. The molecule has 0 N–H and O–H groups in total. The van der Waals surface area contributed by atoms with Crippen LogP contribution in [0.1, 0.15) is 12.5 Å². The van der Waals surface area contributed by atoms with Crippen molar-refractivity contribution in [1.29, 1.82) is 0 Å². The summed E-state index contributed by atoms with van der Waals surface area (Å²) >= 11 is 0. The topological polar surface area (TPSA) is 32.8 Å². The summed E-state index contributed by atoms with van der Waals surface area (Å²) in [6.45, 7) is 4.74. The number of carbonyl (C=O) groups is 1. The van der Waals surface area contributed by atoms with Crippen molar-refractivity contribution in [1.82, 2.24) is 4.90 Å². The monoisotopic (exact) mass is 248 g/mol. The van der Waals surface area contributed by atoms with Crippen LogP contribution >= 0.6 is 0 Å². The van der Waals surface area contributed by atoms with E-state index in [4.69, 9.17) is 4.74 Å². The standard InChI is InChI=1S/C14H20N2O2/c1-3-12-4-6-13(7-5-12)15(2)14(17)16-8-10-18-11-9-16/h4-7H,3,8-11H2,1-2H3. The molecular weight excluding hydrogens is 228 g/mol. The fourth-order valence-corrected chi connectivity index (χ4v) is 2.03. The Balaban J connectivity index is 2.04. The van der Waals surface area contributed by atoms with Gasteiger partial charge in [-0.3, -0.25) is 4.90 Å². The van der Waals surface area contributed by atoms with Crippen molar-refractivity contribution in [2.75, 3.05) is 38.3 Å². The second kappa shape index (κ2) is 5.87. The smallest absolute Gasteiger partial charge is 0.324 e. The molecule has 1 aliphatic heterocycles. The Hall–Kier alpha value is -1.55. The molecule has 0 spiro atoms. The molecule has 0 saturated carbocycles. The number of rotatable bonds is 2. The summed E-state index contributed by atoms with van der Waals surface area (Å²) in [6.07, 6.45) is 1.02. The first kappa shape index (κ1) is 12.9. The molecule has 2 rings (SSSR count). The lowest BCUT2D eigenvalue weighted by Crippen LogP contribution is -2.47. The maximum Gasteiger partial charge on any atom is 0.324 e. The van der Waals surface area contributed by atoms with Crippen molar-refractivity contribution in [3.8, 4) is 0 Å². The van der Waals surface area contributed by atoms with E-state index in [0.717, 1.165) is 12.1 Å². The Morgan fingerprint density at radius 2 is 1.89 bits per heavy atom. The van der Waals surface area contributed by atoms with Gasteiger partial charge in [0.1, 0.15) is 0 Å². The van der Waals surface area contributed by atoms with Crippen LogP contribution in [0.5, 0.6) is 0 Å². The van der Waals surface area contributed by atoms with Crippen molar-refractivity contribution in [3.05, 3.63) is 29.8 Å². The van der Waals surface area contributed by atoms with Gasteiger partial charge in [-0.05, 0) is 24.1 Å². The molecule has 18 heavy (non-hydrogen) atoms. The van der Waals surface area contributed by atoms with Crippen molar-refractivity contribution in [2.24, 2.45) is 0 Å². The van der Waals surface area contributed by atoms with E-state index in [1.165, 1.54) is 5.56 Å². The molecule has 98 valence electrons. The molecule has 0 aliphatic carbocycles. The van der Waals surface area contributed by atoms with Crippen LogP contribution in [-0.2, 0) is 11.2 Å². The lowest BCUT2D eigenvalue weighted by Gasteiger charge is -2.31. The van der Waals surface area contributed by atoms with E-state index in [0.29, 0.717) is 26.3 Å². The number of hydrogen-bond donors (Lipinski definition) is 0. The highest BCUT2D eigenvalue weighted by atomic mass is 16.5. The maximum atomic E-state index is 12.2. The highest BCUT2D eigenvalue weighted by molar-refractivity contribution is 5.91. The second-order valence-corrected chi connectivity index (χ2v) is 4.46. The van der Waals surface area contributed by atoms with E-state index >= 15 is 0 Å². The van der Waals surface area contributed by atoms with Crippen LogP contribution in [0.25, 0.3) is 0 Å². The zero-order valence-electron chi connectivity index (χ0n) is 11.1. The average Bonchev–Trinajstić information content (AvgIpc) is 2.47. The Labute approximate surface area is 108 Å². The Morgan fingerprint density at radius 1 is 1.28 bits per heavy atom. The van der Waals surface area contributed by atoms with Crippen LogP contribution in [0.2, 0.25) is 0 Å². The summed E-state index contributed by atoms with van der Waals surface area (Å²) in [6, 6.07) is 8.17. The first-order valence-corrected chi connectivity index (χ1v) is 6.41. The molecule has 0 bridgehead atoms. The highest BCUT2D eigenvalue weighted by Gasteiger charge is 2.21. The van der Waals surface area contributed by atoms with Crippen molar-refractivity contribution < 1.29 is 9.53 Å². The Bertz CT molecular complexity index is 397. The number of carbonyl (C=O) groups excluding carboxylic acids is 1. The second-order valence-electron chi connectivity index (χ2n) is 4.46. The Morgan fingerprint density at radius 3 is 2.44 bits per heavy atom. The lowest BCUT2D eigenvalue weighted by atomic mass is 10.1. The van der Waals surface area contributed by atoms with Gasteiger partial charge in [0, 0.05) is 25.8 Å². The number of amides is 2. The van der Waals surface area contributed by atoms with E-state index in [-0.39, 0.29) is 6.03 Å². The van der Waals surface area contributed by atoms with Crippen LogP contribution in [0, 0.1) is 0 Å². The maximum absolute atomic E-state index is 12.2. The van der Waals surface area contributed by atoms with Gasteiger partial charge in [0.2, 0.25) is 0 Å². The molecule has 4 nitrogen and oxygen atoms in total. The minimum Gasteiger partial charge on any atom is -0.378 e. The van der Waals surface area contributed by atoms with E-state index in [1.807, 2.05) is 24.1 Å². The third kappa shape index (κ3) is 2.82. The first-order valence-electron chi connectivity index (χ1n) is 6.41. The molecule has 1 fully saturated rings. The molecule has 1 aromatic rings.